The third-order valence-corrected chi connectivity index (χ3v) is 3.46. The molecule has 2 N–H and O–H groups in total. The van der Waals surface area contributed by atoms with Gasteiger partial charge in [-0.05, 0) is 49.7 Å². The summed E-state index contributed by atoms with van der Waals surface area (Å²) in [5, 5.41) is 0. The summed E-state index contributed by atoms with van der Waals surface area (Å²) < 4.78 is 15.8. The van der Waals surface area contributed by atoms with Crippen LogP contribution in [0.15, 0.2) is 42.5 Å². The molecular weight excluding hydrogens is 336 g/mol. The molecule has 26 heavy (non-hydrogen) atoms. The third-order valence-electron chi connectivity index (χ3n) is 3.46. The van der Waals surface area contributed by atoms with Crippen molar-refractivity contribution in [1.29, 1.82) is 0 Å². The van der Waals surface area contributed by atoms with E-state index >= 15 is 0 Å². The molecule has 2 rings (SSSR count). The first-order chi connectivity index (χ1) is 12.5. The predicted molar refractivity (Wildman–Crippen MR) is 96.2 cm³/mol. The van der Waals surface area contributed by atoms with Crippen LogP contribution in [-0.4, -0.2) is 32.1 Å². The van der Waals surface area contributed by atoms with Gasteiger partial charge in [0, 0.05) is 0 Å². The van der Waals surface area contributed by atoms with Gasteiger partial charge in [0.1, 0.15) is 17.2 Å². The number of hydrazine groups is 1. The van der Waals surface area contributed by atoms with Crippen LogP contribution in [0.3, 0.4) is 0 Å². The van der Waals surface area contributed by atoms with E-state index < -0.39 is 11.8 Å². The minimum absolute atomic E-state index is 0.205. The van der Waals surface area contributed by atoms with Crippen LogP contribution in [0.5, 0.6) is 17.2 Å². The van der Waals surface area contributed by atoms with E-state index in [1.165, 1.54) is 0 Å². The zero-order valence-electron chi connectivity index (χ0n) is 15.0. The van der Waals surface area contributed by atoms with Crippen LogP contribution in [0.1, 0.15) is 11.1 Å². The lowest BCUT2D eigenvalue weighted by Crippen LogP contribution is -2.45. The van der Waals surface area contributed by atoms with Gasteiger partial charge in [-0.1, -0.05) is 17.7 Å². The molecule has 7 nitrogen and oxygen atoms in total. The SMILES string of the molecule is COc1ccc(OCC(=O)NNC(=O)COc2ccc(C)cc2C)cc1. The summed E-state index contributed by atoms with van der Waals surface area (Å²) in [7, 11) is 1.57. The maximum Gasteiger partial charge on any atom is 0.276 e. The maximum absolute atomic E-state index is 11.7. The van der Waals surface area contributed by atoms with Crippen LogP contribution in [0.4, 0.5) is 0 Å². The summed E-state index contributed by atoms with van der Waals surface area (Å²) in [6.07, 6.45) is 0. The van der Waals surface area contributed by atoms with Crippen molar-refractivity contribution in [3.63, 3.8) is 0 Å². The average Bonchev–Trinajstić information content (AvgIpc) is 2.64. The van der Waals surface area contributed by atoms with Crippen molar-refractivity contribution in [2.75, 3.05) is 20.3 Å². The van der Waals surface area contributed by atoms with Crippen molar-refractivity contribution in [1.82, 2.24) is 10.9 Å². The van der Waals surface area contributed by atoms with Crippen LogP contribution < -0.4 is 25.1 Å². The number of ether oxygens (including phenoxy) is 3. The summed E-state index contributed by atoms with van der Waals surface area (Å²) in [5.74, 6) is 0.881. The van der Waals surface area contributed by atoms with E-state index in [2.05, 4.69) is 10.9 Å². The molecule has 2 aromatic carbocycles. The Labute approximate surface area is 152 Å². The molecule has 0 bridgehead atoms. The predicted octanol–water partition coefficient (Wildman–Crippen LogP) is 1.92. The van der Waals surface area contributed by atoms with Crippen molar-refractivity contribution in [3.05, 3.63) is 53.6 Å². The largest absolute Gasteiger partial charge is 0.497 e. The standard InChI is InChI=1S/C19H22N2O5/c1-13-4-9-17(14(2)10-13)26-12-19(23)21-20-18(22)11-25-16-7-5-15(24-3)6-8-16/h4-10H,11-12H2,1-3H3,(H,20,22)(H,21,23). The number of hydrogen-bond acceptors (Lipinski definition) is 5. The molecule has 0 aliphatic carbocycles. The van der Waals surface area contributed by atoms with Gasteiger partial charge < -0.3 is 14.2 Å². The first-order valence-electron chi connectivity index (χ1n) is 8.02. The van der Waals surface area contributed by atoms with Gasteiger partial charge in [-0.3, -0.25) is 20.4 Å². The van der Waals surface area contributed by atoms with E-state index in [1.807, 2.05) is 26.0 Å². The summed E-state index contributed by atoms with van der Waals surface area (Å²) in [5.41, 5.74) is 6.60. The lowest BCUT2D eigenvalue weighted by molar-refractivity contribution is -0.131. The van der Waals surface area contributed by atoms with E-state index in [9.17, 15) is 9.59 Å². The number of nitrogens with one attached hydrogen (secondary N) is 2. The Morgan fingerprint density at radius 1 is 0.846 bits per heavy atom. The molecule has 0 aromatic heterocycles. The van der Waals surface area contributed by atoms with Crippen molar-refractivity contribution < 1.29 is 23.8 Å². The smallest absolute Gasteiger partial charge is 0.276 e. The summed E-state index contributed by atoms with van der Waals surface area (Å²) in [6.45, 7) is 3.44. The van der Waals surface area contributed by atoms with Gasteiger partial charge in [-0.15, -0.1) is 0 Å². The fraction of sp³-hybridized carbons (Fsp3) is 0.263. The highest BCUT2D eigenvalue weighted by molar-refractivity contribution is 5.83. The van der Waals surface area contributed by atoms with Crippen molar-refractivity contribution in [3.8, 4) is 17.2 Å². The first kappa shape index (κ1) is 19.1. The number of carbonyl (C=O) groups excluding carboxylic acids is 2. The molecule has 0 heterocycles. The van der Waals surface area contributed by atoms with E-state index in [0.29, 0.717) is 17.2 Å². The topological polar surface area (TPSA) is 85.9 Å². The Bertz CT molecular complexity index is 759. The van der Waals surface area contributed by atoms with Crippen LogP contribution in [-0.2, 0) is 9.59 Å². The van der Waals surface area contributed by atoms with Gasteiger partial charge in [0.2, 0.25) is 0 Å². The van der Waals surface area contributed by atoms with Gasteiger partial charge in [0.25, 0.3) is 11.8 Å². The Morgan fingerprint density at radius 2 is 1.42 bits per heavy atom. The fourth-order valence-corrected chi connectivity index (χ4v) is 2.14. The normalized spacial score (nSPS) is 9.96. The minimum Gasteiger partial charge on any atom is -0.497 e. The zero-order chi connectivity index (χ0) is 18.9. The summed E-state index contributed by atoms with van der Waals surface area (Å²) in [6, 6.07) is 12.5. The van der Waals surface area contributed by atoms with Gasteiger partial charge in [-0.25, -0.2) is 0 Å². The highest BCUT2D eigenvalue weighted by Crippen LogP contribution is 2.18. The lowest BCUT2D eigenvalue weighted by Gasteiger charge is -2.11. The van der Waals surface area contributed by atoms with Crippen LogP contribution in [0.2, 0.25) is 0 Å². The number of methoxy groups -OCH3 is 1. The molecule has 0 radical (unpaired) electrons. The average molecular weight is 358 g/mol. The number of hydrogen-bond donors (Lipinski definition) is 2. The van der Waals surface area contributed by atoms with Gasteiger partial charge in [0.15, 0.2) is 13.2 Å². The van der Waals surface area contributed by atoms with Gasteiger partial charge in [-0.2, -0.15) is 0 Å². The molecular formula is C19H22N2O5. The summed E-state index contributed by atoms with van der Waals surface area (Å²) >= 11 is 0. The monoisotopic (exact) mass is 358 g/mol. The molecule has 0 atom stereocenters. The van der Waals surface area contributed by atoms with Crippen molar-refractivity contribution in [2.45, 2.75) is 13.8 Å². The van der Waals surface area contributed by atoms with E-state index in [1.54, 1.807) is 37.4 Å². The van der Waals surface area contributed by atoms with E-state index in [4.69, 9.17) is 14.2 Å². The second kappa shape index (κ2) is 9.31. The number of amides is 2. The Kier molecular flexibility index (Phi) is 6.84. The zero-order valence-corrected chi connectivity index (χ0v) is 15.0. The Hall–Kier alpha value is -3.22. The van der Waals surface area contributed by atoms with Crippen LogP contribution in [0.25, 0.3) is 0 Å². The molecule has 7 heteroatoms. The number of aryl methyl sites for hydroxylation is 2. The Balaban J connectivity index is 1.68. The van der Waals surface area contributed by atoms with Crippen molar-refractivity contribution in [2.24, 2.45) is 0 Å². The second-order valence-corrected chi connectivity index (χ2v) is 5.62. The van der Waals surface area contributed by atoms with Gasteiger partial charge in [0.05, 0.1) is 7.11 Å². The van der Waals surface area contributed by atoms with E-state index in [0.717, 1.165) is 11.1 Å². The highest BCUT2D eigenvalue weighted by Gasteiger charge is 2.08. The molecule has 0 saturated heterocycles. The summed E-state index contributed by atoms with van der Waals surface area (Å²) in [4.78, 5) is 23.4. The Morgan fingerprint density at radius 3 is 2.00 bits per heavy atom. The van der Waals surface area contributed by atoms with E-state index in [-0.39, 0.29) is 13.2 Å². The molecule has 2 amide bonds. The fourth-order valence-electron chi connectivity index (χ4n) is 2.14. The molecule has 0 aliphatic heterocycles. The molecule has 0 aliphatic rings. The minimum atomic E-state index is -0.485. The molecule has 0 fully saturated rings. The molecule has 0 spiro atoms. The highest BCUT2D eigenvalue weighted by atomic mass is 16.5. The van der Waals surface area contributed by atoms with Gasteiger partial charge >= 0.3 is 0 Å². The van der Waals surface area contributed by atoms with Crippen LogP contribution in [0, 0.1) is 13.8 Å². The number of rotatable bonds is 7. The second-order valence-electron chi connectivity index (χ2n) is 5.62. The van der Waals surface area contributed by atoms with Crippen molar-refractivity contribution >= 4 is 11.8 Å². The third kappa shape index (κ3) is 6.01. The lowest BCUT2D eigenvalue weighted by atomic mass is 10.1. The maximum atomic E-state index is 11.7. The molecule has 0 saturated carbocycles. The first-order valence-corrected chi connectivity index (χ1v) is 8.02. The number of carbonyl (C=O) groups is 2. The van der Waals surface area contributed by atoms with Crippen LogP contribution >= 0.6 is 0 Å². The molecule has 138 valence electrons. The number of benzene rings is 2. The molecule has 0 unspecified atom stereocenters. The molecule has 2 aromatic rings. The quantitative estimate of drug-likeness (QED) is 0.739.